The molecule has 3 rings (SSSR count). The highest BCUT2D eigenvalue weighted by molar-refractivity contribution is 7.03. The molecule has 0 fully saturated rings. The smallest absolute Gasteiger partial charge is 0.388 e. The van der Waals surface area contributed by atoms with E-state index in [-0.39, 0.29) is 16.8 Å². The van der Waals surface area contributed by atoms with E-state index in [1.165, 1.54) is 31.5 Å². The van der Waals surface area contributed by atoms with Crippen LogP contribution in [-0.4, -0.2) is 41.8 Å². The van der Waals surface area contributed by atoms with Crippen molar-refractivity contribution in [2.45, 2.75) is 38.6 Å². The van der Waals surface area contributed by atoms with Crippen molar-refractivity contribution in [2.75, 3.05) is 0 Å². The number of aromatic nitrogens is 4. The first kappa shape index (κ1) is 22.6. The lowest BCUT2D eigenvalue weighted by molar-refractivity contribution is -0.141. The number of nitrogens with one attached hydrogen (secondary N) is 1. The first-order valence-electron chi connectivity index (χ1n) is 8.99. The van der Waals surface area contributed by atoms with Gasteiger partial charge in [-0.1, -0.05) is 0 Å². The highest BCUT2D eigenvalue weighted by atomic mass is 32.1. The molecule has 0 aliphatic rings. The van der Waals surface area contributed by atoms with Gasteiger partial charge in [-0.05, 0) is 50.5 Å². The van der Waals surface area contributed by atoms with E-state index in [0.717, 1.165) is 34.5 Å². The summed E-state index contributed by atoms with van der Waals surface area (Å²) in [5, 5.41) is 18.3. The number of pyridine rings is 1. The number of rotatable bonds is 5. The van der Waals surface area contributed by atoms with E-state index in [4.69, 9.17) is 0 Å². The molecular formula is C19H18F3N5O3S. The van der Waals surface area contributed by atoms with Crippen LogP contribution in [0.5, 0.6) is 0 Å². The molecule has 1 amide bonds. The molecule has 0 aromatic carbocycles. The molecule has 0 saturated carbocycles. The number of halogens is 3. The fourth-order valence-electron chi connectivity index (χ4n) is 2.44. The van der Waals surface area contributed by atoms with E-state index in [1.54, 1.807) is 6.92 Å². The van der Waals surface area contributed by atoms with Gasteiger partial charge in [0, 0.05) is 17.1 Å². The van der Waals surface area contributed by atoms with Gasteiger partial charge in [0.1, 0.15) is 11.3 Å². The normalized spacial score (nSPS) is 13.1. The molecule has 8 nitrogen and oxygen atoms in total. The van der Waals surface area contributed by atoms with Crippen molar-refractivity contribution in [2.24, 2.45) is 0 Å². The Bertz CT molecular complexity index is 1140. The Morgan fingerprint density at radius 3 is 2.48 bits per heavy atom. The number of nitrogens with zero attached hydrogens (tertiary/aromatic N) is 4. The molecule has 0 unspecified atom stereocenters. The first-order chi connectivity index (χ1) is 14.4. The van der Waals surface area contributed by atoms with Crippen LogP contribution in [0.3, 0.4) is 0 Å². The summed E-state index contributed by atoms with van der Waals surface area (Å²) in [4.78, 5) is 29.1. The highest BCUT2D eigenvalue weighted by Gasteiger charge is 2.32. The molecule has 31 heavy (non-hydrogen) atoms. The molecule has 3 aromatic rings. The van der Waals surface area contributed by atoms with Crippen molar-refractivity contribution in [3.63, 3.8) is 0 Å². The molecule has 0 bridgehead atoms. The molecule has 164 valence electrons. The lowest BCUT2D eigenvalue weighted by atomic mass is 10.0. The highest BCUT2D eigenvalue weighted by Crippen LogP contribution is 2.28. The first-order valence-corrected chi connectivity index (χ1v) is 9.82. The van der Waals surface area contributed by atoms with Crippen molar-refractivity contribution in [1.82, 2.24) is 24.5 Å². The molecule has 0 aliphatic carbocycles. The van der Waals surface area contributed by atoms with E-state index in [1.807, 2.05) is 0 Å². The Balaban J connectivity index is 2.10. The minimum Gasteiger partial charge on any atom is -0.388 e. The Labute approximate surface area is 178 Å². The number of hydrogen-bond donors (Lipinski definition) is 2. The average molecular weight is 453 g/mol. The van der Waals surface area contributed by atoms with Gasteiger partial charge in [-0.15, -0.1) is 0 Å². The molecule has 2 N–H and O–H groups in total. The van der Waals surface area contributed by atoms with E-state index in [2.05, 4.69) is 19.8 Å². The van der Waals surface area contributed by atoms with Crippen LogP contribution in [0, 0.1) is 0 Å². The second-order valence-corrected chi connectivity index (χ2v) is 7.98. The van der Waals surface area contributed by atoms with Crippen LogP contribution in [0.25, 0.3) is 16.9 Å². The Kier molecular flexibility index (Phi) is 5.96. The van der Waals surface area contributed by atoms with Crippen LogP contribution >= 0.6 is 11.5 Å². The van der Waals surface area contributed by atoms with Gasteiger partial charge in [-0.3, -0.25) is 14.6 Å². The Morgan fingerprint density at radius 2 is 1.97 bits per heavy atom. The quantitative estimate of drug-likeness (QED) is 0.615. The monoisotopic (exact) mass is 453 g/mol. The Hall–Kier alpha value is -3.12. The SMILES string of the molecule is C[C@H](NC(=O)c1cc(-c2ccc(C(F)(F)F)nc2)nn(-c2cnsc2)c1=O)C(C)(C)O. The molecule has 0 saturated heterocycles. The third-order valence-corrected chi connectivity index (χ3v) is 5.15. The van der Waals surface area contributed by atoms with Crippen molar-refractivity contribution in [1.29, 1.82) is 0 Å². The largest absolute Gasteiger partial charge is 0.433 e. The van der Waals surface area contributed by atoms with E-state index < -0.39 is 35.0 Å². The predicted molar refractivity (Wildman–Crippen MR) is 107 cm³/mol. The number of carbonyl (C=O) groups is 1. The molecule has 12 heteroatoms. The third kappa shape index (κ3) is 4.97. The van der Waals surface area contributed by atoms with Crippen LogP contribution in [-0.2, 0) is 6.18 Å². The van der Waals surface area contributed by atoms with Crippen molar-refractivity contribution >= 4 is 17.4 Å². The predicted octanol–water partition coefficient (Wildman–Crippen LogP) is 2.66. The maximum absolute atomic E-state index is 12.9. The molecule has 0 spiro atoms. The lowest BCUT2D eigenvalue weighted by Gasteiger charge is -2.26. The van der Waals surface area contributed by atoms with Gasteiger partial charge in [0.05, 0.1) is 29.2 Å². The minimum absolute atomic E-state index is 0.0630. The van der Waals surface area contributed by atoms with E-state index in [0.29, 0.717) is 5.69 Å². The van der Waals surface area contributed by atoms with Crippen LogP contribution in [0.15, 0.2) is 40.8 Å². The van der Waals surface area contributed by atoms with Gasteiger partial charge in [-0.2, -0.15) is 27.3 Å². The summed E-state index contributed by atoms with van der Waals surface area (Å²) < 4.78 is 43.3. The Morgan fingerprint density at radius 1 is 1.26 bits per heavy atom. The second-order valence-electron chi connectivity index (χ2n) is 7.32. The summed E-state index contributed by atoms with van der Waals surface area (Å²) in [6.07, 6.45) is -2.27. The second kappa shape index (κ2) is 8.19. The van der Waals surface area contributed by atoms with E-state index in [9.17, 15) is 27.9 Å². The number of hydrogen-bond acceptors (Lipinski definition) is 7. The fourth-order valence-corrected chi connectivity index (χ4v) is 2.94. The summed E-state index contributed by atoms with van der Waals surface area (Å²) in [6.45, 7) is 4.57. The topological polar surface area (TPSA) is 110 Å². The van der Waals surface area contributed by atoms with Crippen LogP contribution < -0.4 is 10.9 Å². The summed E-state index contributed by atoms with van der Waals surface area (Å²) >= 11 is 1.06. The van der Waals surface area contributed by atoms with Crippen LogP contribution in [0.2, 0.25) is 0 Å². The zero-order valence-corrected chi connectivity index (χ0v) is 17.5. The zero-order valence-electron chi connectivity index (χ0n) is 16.6. The molecule has 3 aromatic heterocycles. The summed E-state index contributed by atoms with van der Waals surface area (Å²) in [6, 6.07) is 2.42. The number of alkyl halides is 3. The zero-order chi connectivity index (χ0) is 23.0. The van der Waals surface area contributed by atoms with Gasteiger partial charge in [0.25, 0.3) is 11.5 Å². The van der Waals surface area contributed by atoms with Crippen molar-refractivity contribution in [3.8, 4) is 16.9 Å². The third-order valence-electron chi connectivity index (χ3n) is 4.58. The van der Waals surface area contributed by atoms with Crippen LogP contribution in [0.1, 0.15) is 36.8 Å². The molecule has 0 radical (unpaired) electrons. The fraction of sp³-hybridized carbons (Fsp3) is 0.316. The minimum atomic E-state index is -4.61. The van der Waals surface area contributed by atoms with Gasteiger partial charge < -0.3 is 10.4 Å². The average Bonchev–Trinajstić information content (AvgIpc) is 3.21. The molecule has 1 atom stereocenters. The lowest BCUT2D eigenvalue weighted by Crippen LogP contribution is -2.48. The number of aliphatic hydroxyl groups is 1. The molecular weight excluding hydrogens is 435 g/mol. The summed E-state index contributed by atoms with van der Waals surface area (Å²) in [7, 11) is 0. The van der Waals surface area contributed by atoms with Gasteiger partial charge in [0.2, 0.25) is 0 Å². The van der Waals surface area contributed by atoms with Crippen molar-refractivity contribution < 1.29 is 23.1 Å². The van der Waals surface area contributed by atoms with Crippen LogP contribution in [0.4, 0.5) is 13.2 Å². The van der Waals surface area contributed by atoms with Gasteiger partial charge in [-0.25, -0.2) is 0 Å². The number of amides is 1. The van der Waals surface area contributed by atoms with Crippen molar-refractivity contribution in [3.05, 3.63) is 57.6 Å². The standard InChI is InChI=1S/C19H18F3N5O3S/c1-10(18(2,3)30)25-16(28)13-6-14(11-4-5-15(23-7-11)19(20,21)22)26-27(17(13)29)12-8-24-31-9-12/h4-10,30H,1-3H3,(H,25,28)/t10-/m0/s1. The van der Waals surface area contributed by atoms with Gasteiger partial charge in [0.15, 0.2) is 0 Å². The van der Waals surface area contributed by atoms with Gasteiger partial charge >= 0.3 is 6.18 Å². The van der Waals surface area contributed by atoms with E-state index >= 15 is 0 Å². The summed E-state index contributed by atoms with van der Waals surface area (Å²) in [5.74, 6) is -0.764. The molecule has 3 heterocycles. The molecule has 0 aliphatic heterocycles. The maximum atomic E-state index is 12.9. The summed E-state index contributed by atoms with van der Waals surface area (Å²) in [5.41, 5.74) is -2.84. The number of carbonyl (C=O) groups excluding carboxylic acids is 1. The maximum Gasteiger partial charge on any atom is 0.433 e.